The average molecular weight is 415 g/mol. The quantitative estimate of drug-likeness (QED) is 0.490. The molecule has 1 aliphatic heterocycles. The average Bonchev–Trinajstić information content (AvgIpc) is 3.34. The highest BCUT2D eigenvalue weighted by Crippen LogP contribution is 2.33. The van der Waals surface area contributed by atoms with Crippen molar-refractivity contribution in [2.45, 2.75) is 24.5 Å². The molecule has 11 heteroatoms. The lowest BCUT2D eigenvalue weighted by atomic mass is 10.1. The number of anilines is 1. The van der Waals surface area contributed by atoms with E-state index in [1.165, 1.54) is 19.8 Å². The first-order chi connectivity index (χ1) is 14.6. The van der Waals surface area contributed by atoms with Gasteiger partial charge in [-0.05, 0) is 12.1 Å². The minimum Gasteiger partial charge on any atom is -0.484 e. The SMILES string of the molecule is COC1C(O)[C@@H](CO)O[C@H]1n1cnc2c(NC(=O)COc3ccccc3)ncnc21. The Morgan fingerprint density at radius 3 is 2.80 bits per heavy atom. The number of nitrogens with one attached hydrogen (secondary N) is 1. The minimum atomic E-state index is -1.02. The molecule has 3 N–H and O–H groups in total. The molecule has 1 aromatic carbocycles. The fourth-order valence-electron chi connectivity index (χ4n) is 3.31. The standard InChI is InChI=1S/C19H21N5O6/c1-28-16-15(27)12(7-25)30-19(16)24-10-22-14-17(20-9-21-18(14)24)23-13(26)8-29-11-5-3-2-4-6-11/h2-6,9-10,12,15-16,19,25,27H,7-8H2,1H3,(H,20,21,23,26)/t12-,15?,16?,19-/m1/s1. The molecule has 2 aromatic heterocycles. The van der Waals surface area contributed by atoms with Gasteiger partial charge in [0.1, 0.15) is 30.4 Å². The number of ether oxygens (including phenoxy) is 3. The predicted molar refractivity (Wildman–Crippen MR) is 104 cm³/mol. The first kappa shape index (κ1) is 20.2. The molecule has 0 bridgehead atoms. The maximum Gasteiger partial charge on any atom is 0.263 e. The van der Waals surface area contributed by atoms with E-state index in [-0.39, 0.29) is 19.0 Å². The van der Waals surface area contributed by atoms with Crippen molar-refractivity contribution in [3.8, 4) is 5.75 Å². The summed E-state index contributed by atoms with van der Waals surface area (Å²) < 4.78 is 18.1. The van der Waals surface area contributed by atoms with Crippen molar-refractivity contribution in [1.82, 2.24) is 19.5 Å². The Labute approximate surface area is 171 Å². The van der Waals surface area contributed by atoms with Crippen LogP contribution in [-0.4, -0.2) is 74.3 Å². The van der Waals surface area contributed by atoms with Crippen LogP contribution in [0.2, 0.25) is 0 Å². The highest BCUT2D eigenvalue weighted by atomic mass is 16.6. The summed E-state index contributed by atoms with van der Waals surface area (Å²) in [6, 6.07) is 8.97. The lowest BCUT2D eigenvalue weighted by molar-refractivity contribution is -0.118. The Kier molecular flexibility index (Phi) is 5.86. The number of hydrogen-bond acceptors (Lipinski definition) is 9. The maximum atomic E-state index is 12.3. The predicted octanol–water partition coefficient (Wildman–Crippen LogP) is 0.109. The number of imidazole rings is 1. The van der Waals surface area contributed by atoms with Crippen molar-refractivity contribution in [2.75, 3.05) is 25.6 Å². The van der Waals surface area contributed by atoms with Crippen LogP contribution >= 0.6 is 0 Å². The van der Waals surface area contributed by atoms with Crippen molar-refractivity contribution in [3.05, 3.63) is 43.0 Å². The van der Waals surface area contributed by atoms with Crippen LogP contribution in [0.15, 0.2) is 43.0 Å². The van der Waals surface area contributed by atoms with Crippen LogP contribution in [0, 0.1) is 0 Å². The van der Waals surface area contributed by atoms with Gasteiger partial charge in [0.2, 0.25) is 0 Å². The van der Waals surface area contributed by atoms with Crippen LogP contribution in [0.1, 0.15) is 6.23 Å². The molecule has 0 aliphatic carbocycles. The van der Waals surface area contributed by atoms with E-state index in [0.717, 1.165) is 0 Å². The smallest absolute Gasteiger partial charge is 0.263 e. The van der Waals surface area contributed by atoms with Crippen LogP contribution in [0.4, 0.5) is 5.82 Å². The van der Waals surface area contributed by atoms with Crippen LogP contribution in [-0.2, 0) is 14.3 Å². The largest absolute Gasteiger partial charge is 0.484 e. The third kappa shape index (κ3) is 3.83. The van der Waals surface area contributed by atoms with Gasteiger partial charge < -0.3 is 29.7 Å². The number of aromatic nitrogens is 4. The molecule has 11 nitrogen and oxygen atoms in total. The van der Waals surface area contributed by atoms with Gasteiger partial charge in [0.05, 0.1) is 12.9 Å². The molecule has 1 saturated heterocycles. The number of aliphatic hydroxyl groups excluding tert-OH is 2. The van der Waals surface area contributed by atoms with Crippen molar-refractivity contribution in [1.29, 1.82) is 0 Å². The number of carbonyl (C=O) groups excluding carboxylic acids is 1. The number of rotatable bonds is 7. The molecule has 30 heavy (non-hydrogen) atoms. The van der Waals surface area contributed by atoms with E-state index in [9.17, 15) is 15.0 Å². The lowest BCUT2D eigenvalue weighted by Gasteiger charge is -2.19. The molecule has 1 fully saturated rings. The number of amides is 1. The molecule has 3 heterocycles. The van der Waals surface area contributed by atoms with Crippen LogP contribution < -0.4 is 10.1 Å². The first-order valence-corrected chi connectivity index (χ1v) is 9.24. The van der Waals surface area contributed by atoms with Gasteiger partial charge in [-0.3, -0.25) is 9.36 Å². The summed E-state index contributed by atoms with van der Waals surface area (Å²) >= 11 is 0. The van der Waals surface area contributed by atoms with Gasteiger partial charge >= 0.3 is 0 Å². The van der Waals surface area contributed by atoms with Crippen molar-refractivity contribution in [3.63, 3.8) is 0 Å². The molecule has 4 atom stereocenters. The summed E-state index contributed by atoms with van der Waals surface area (Å²) in [6.45, 7) is -0.556. The zero-order valence-corrected chi connectivity index (χ0v) is 16.1. The fourth-order valence-corrected chi connectivity index (χ4v) is 3.31. The lowest BCUT2D eigenvalue weighted by Crippen LogP contribution is -2.34. The monoisotopic (exact) mass is 415 g/mol. The number of methoxy groups -OCH3 is 1. The number of nitrogens with zero attached hydrogens (tertiary/aromatic N) is 4. The molecule has 2 unspecified atom stereocenters. The van der Waals surface area contributed by atoms with Crippen molar-refractivity contribution in [2.24, 2.45) is 0 Å². The Morgan fingerprint density at radius 2 is 2.07 bits per heavy atom. The van der Waals surface area contributed by atoms with E-state index in [1.54, 1.807) is 16.7 Å². The molecular formula is C19H21N5O6. The highest BCUT2D eigenvalue weighted by molar-refractivity contribution is 5.97. The Hall–Kier alpha value is -3.12. The number of fused-ring (bicyclic) bond motifs is 1. The molecule has 0 spiro atoms. The third-order valence-corrected chi connectivity index (χ3v) is 4.77. The second-order valence-electron chi connectivity index (χ2n) is 6.63. The molecule has 1 aliphatic rings. The summed E-state index contributed by atoms with van der Waals surface area (Å²) in [5.74, 6) is 0.383. The van der Waals surface area contributed by atoms with Gasteiger partial charge in [0.25, 0.3) is 5.91 Å². The van der Waals surface area contributed by atoms with Gasteiger partial charge in [0, 0.05) is 7.11 Å². The summed E-state index contributed by atoms with van der Waals surface area (Å²) in [4.78, 5) is 24.9. The zero-order valence-electron chi connectivity index (χ0n) is 16.1. The summed E-state index contributed by atoms with van der Waals surface area (Å²) in [7, 11) is 1.44. The van der Waals surface area contributed by atoms with E-state index < -0.39 is 30.4 Å². The normalized spacial score (nSPS) is 23.6. The topological polar surface area (TPSA) is 141 Å². The second-order valence-corrected chi connectivity index (χ2v) is 6.63. The van der Waals surface area contributed by atoms with Gasteiger partial charge in [-0.2, -0.15) is 0 Å². The fraction of sp³-hybridized carbons (Fsp3) is 0.368. The van der Waals surface area contributed by atoms with Gasteiger partial charge in [-0.25, -0.2) is 15.0 Å². The van der Waals surface area contributed by atoms with Crippen LogP contribution in [0.5, 0.6) is 5.75 Å². The van der Waals surface area contributed by atoms with Gasteiger partial charge in [-0.1, -0.05) is 18.2 Å². The highest BCUT2D eigenvalue weighted by Gasteiger charge is 2.45. The number of para-hydroxylation sites is 1. The van der Waals surface area contributed by atoms with E-state index >= 15 is 0 Å². The molecule has 1 amide bonds. The van der Waals surface area contributed by atoms with Crippen LogP contribution in [0.3, 0.4) is 0 Å². The third-order valence-electron chi connectivity index (χ3n) is 4.77. The summed E-state index contributed by atoms with van der Waals surface area (Å²) in [6.07, 6.45) is -0.560. The van der Waals surface area contributed by atoms with Crippen LogP contribution in [0.25, 0.3) is 11.2 Å². The summed E-state index contributed by atoms with van der Waals surface area (Å²) in [5, 5.41) is 22.3. The number of hydrogen-bond donors (Lipinski definition) is 3. The molecule has 3 aromatic rings. The number of aliphatic hydroxyl groups is 2. The molecule has 0 saturated carbocycles. The van der Waals surface area contributed by atoms with E-state index in [2.05, 4.69) is 20.3 Å². The Morgan fingerprint density at radius 1 is 1.27 bits per heavy atom. The van der Waals surface area contributed by atoms with Gasteiger partial charge in [0.15, 0.2) is 29.8 Å². The van der Waals surface area contributed by atoms with E-state index in [1.807, 2.05) is 18.2 Å². The minimum absolute atomic E-state index is 0.196. The Bertz CT molecular complexity index is 1010. The summed E-state index contributed by atoms with van der Waals surface area (Å²) in [5.41, 5.74) is 0.716. The molecule has 0 radical (unpaired) electrons. The van der Waals surface area contributed by atoms with Crippen molar-refractivity contribution < 1.29 is 29.2 Å². The number of carbonyl (C=O) groups is 1. The first-order valence-electron chi connectivity index (χ1n) is 9.24. The maximum absolute atomic E-state index is 12.3. The van der Waals surface area contributed by atoms with Crippen molar-refractivity contribution >= 4 is 22.9 Å². The Balaban J connectivity index is 1.53. The zero-order chi connectivity index (χ0) is 21.1. The van der Waals surface area contributed by atoms with E-state index in [4.69, 9.17) is 14.2 Å². The van der Waals surface area contributed by atoms with Gasteiger partial charge in [-0.15, -0.1) is 0 Å². The van der Waals surface area contributed by atoms with E-state index in [0.29, 0.717) is 16.9 Å². The number of benzene rings is 1. The molecular weight excluding hydrogens is 394 g/mol. The molecule has 158 valence electrons. The molecule has 4 rings (SSSR count). The second kappa shape index (κ2) is 8.71.